The van der Waals surface area contributed by atoms with Crippen LogP contribution in [0, 0.1) is 17.8 Å². The lowest BCUT2D eigenvalue weighted by Crippen LogP contribution is -2.40. The van der Waals surface area contributed by atoms with Crippen LogP contribution in [0.4, 0.5) is 5.69 Å². The molecule has 2 heterocycles. The number of fused-ring (bicyclic) bond motifs is 1. The Labute approximate surface area is 112 Å². The summed E-state index contributed by atoms with van der Waals surface area (Å²) in [4.78, 5) is 26.4. The minimum atomic E-state index is -0.201. The first-order chi connectivity index (χ1) is 9.11. The van der Waals surface area contributed by atoms with E-state index in [9.17, 15) is 9.59 Å². The summed E-state index contributed by atoms with van der Waals surface area (Å²) in [6, 6.07) is 9.32. The molecule has 1 N–H and O–H groups in total. The van der Waals surface area contributed by atoms with Crippen molar-refractivity contribution in [1.82, 2.24) is 5.32 Å². The Morgan fingerprint density at radius 3 is 2.47 bits per heavy atom. The van der Waals surface area contributed by atoms with E-state index in [1.54, 1.807) is 0 Å². The van der Waals surface area contributed by atoms with Gasteiger partial charge in [-0.15, -0.1) is 0 Å². The molecule has 1 aromatic rings. The zero-order valence-electron chi connectivity index (χ0n) is 11.2. The lowest BCUT2D eigenvalue weighted by molar-refractivity contribution is -0.123. The smallest absolute Gasteiger partial charge is 0.239 e. The Hall–Kier alpha value is -1.68. The second kappa shape index (κ2) is 4.46. The molecule has 0 aromatic heterocycles. The summed E-state index contributed by atoms with van der Waals surface area (Å²) in [5.74, 6) is -0.156. The second-order valence-corrected chi connectivity index (χ2v) is 5.66. The van der Waals surface area contributed by atoms with E-state index in [1.807, 2.05) is 30.3 Å². The highest BCUT2D eigenvalue weighted by Gasteiger charge is 2.55. The van der Waals surface area contributed by atoms with Crippen molar-refractivity contribution in [1.29, 1.82) is 0 Å². The molecule has 0 spiro atoms. The average molecular weight is 258 g/mol. The van der Waals surface area contributed by atoms with Crippen LogP contribution in [0.25, 0.3) is 0 Å². The molecule has 0 aliphatic carbocycles. The van der Waals surface area contributed by atoms with E-state index in [-0.39, 0.29) is 29.7 Å². The lowest BCUT2D eigenvalue weighted by atomic mass is 9.87. The predicted octanol–water partition coefficient (Wildman–Crippen LogP) is 1.42. The van der Waals surface area contributed by atoms with Crippen molar-refractivity contribution in [2.24, 2.45) is 17.8 Å². The van der Waals surface area contributed by atoms with Gasteiger partial charge in [0.1, 0.15) is 0 Å². The molecule has 100 valence electrons. The quantitative estimate of drug-likeness (QED) is 0.816. The number of rotatable bonds is 2. The maximum atomic E-state index is 12.6. The fourth-order valence-electron chi connectivity index (χ4n) is 3.24. The van der Waals surface area contributed by atoms with Gasteiger partial charge < -0.3 is 5.32 Å². The van der Waals surface area contributed by atoms with E-state index in [0.29, 0.717) is 18.2 Å². The van der Waals surface area contributed by atoms with Gasteiger partial charge in [-0.25, -0.2) is 4.90 Å². The van der Waals surface area contributed by atoms with E-state index in [1.165, 1.54) is 4.90 Å². The summed E-state index contributed by atoms with van der Waals surface area (Å²) in [6.45, 7) is 4.79. The molecule has 2 amide bonds. The van der Waals surface area contributed by atoms with Gasteiger partial charge in [-0.1, -0.05) is 32.0 Å². The second-order valence-electron chi connectivity index (χ2n) is 5.66. The molecule has 0 saturated carbocycles. The van der Waals surface area contributed by atoms with Crippen molar-refractivity contribution in [3.63, 3.8) is 0 Å². The number of imide groups is 1. The summed E-state index contributed by atoms with van der Waals surface area (Å²) in [6.07, 6.45) is 0. The fraction of sp³-hybridized carbons (Fsp3) is 0.467. The molecule has 0 bridgehead atoms. The highest BCUT2D eigenvalue weighted by atomic mass is 16.2. The topological polar surface area (TPSA) is 49.4 Å². The third-order valence-corrected chi connectivity index (χ3v) is 4.17. The maximum Gasteiger partial charge on any atom is 0.239 e. The van der Waals surface area contributed by atoms with Crippen LogP contribution in [0.2, 0.25) is 0 Å². The van der Waals surface area contributed by atoms with Crippen LogP contribution < -0.4 is 10.2 Å². The predicted molar refractivity (Wildman–Crippen MR) is 72.5 cm³/mol. The monoisotopic (exact) mass is 258 g/mol. The van der Waals surface area contributed by atoms with Crippen LogP contribution >= 0.6 is 0 Å². The SMILES string of the molecule is CC(C)[C@H]1NC[C@H]2C(=O)N(c3ccccc3)C(=O)[C@@H]12. The number of carbonyl (C=O) groups is 2. The van der Waals surface area contributed by atoms with Gasteiger partial charge in [0.05, 0.1) is 17.5 Å². The molecule has 0 radical (unpaired) electrons. The molecule has 19 heavy (non-hydrogen) atoms. The van der Waals surface area contributed by atoms with Crippen molar-refractivity contribution in [3.05, 3.63) is 30.3 Å². The summed E-state index contributed by atoms with van der Waals surface area (Å²) in [5.41, 5.74) is 0.689. The van der Waals surface area contributed by atoms with Gasteiger partial charge in [0, 0.05) is 12.6 Å². The number of para-hydroxylation sites is 1. The van der Waals surface area contributed by atoms with Crippen LogP contribution in [0.3, 0.4) is 0 Å². The highest BCUT2D eigenvalue weighted by molar-refractivity contribution is 6.22. The first-order valence-electron chi connectivity index (χ1n) is 6.77. The number of carbonyl (C=O) groups excluding carboxylic acids is 2. The van der Waals surface area contributed by atoms with E-state index in [4.69, 9.17) is 0 Å². The minimum absolute atomic E-state index is 0.0510. The number of anilines is 1. The molecule has 0 unspecified atom stereocenters. The van der Waals surface area contributed by atoms with E-state index >= 15 is 0 Å². The molecule has 2 aliphatic rings. The molecule has 2 saturated heterocycles. The number of nitrogens with one attached hydrogen (secondary N) is 1. The van der Waals surface area contributed by atoms with Crippen LogP contribution in [0.5, 0.6) is 0 Å². The zero-order chi connectivity index (χ0) is 13.6. The number of hydrogen-bond donors (Lipinski definition) is 1. The van der Waals surface area contributed by atoms with E-state index < -0.39 is 0 Å². The third kappa shape index (κ3) is 1.78. The molecule has 2 fully saturated rings. The molecule has 4 nitrogen and oxygen atoms in total. The first kappa shape index (κ1) is 12.4. The highest BCUT2D eigenvalue weighted by Crippen LogP contribution is 2.38. The molecule has 2 aliphatic heterocycles. The molecule has 3 atom stereocenters. The van der Waals surface area contributed by atoms with Gasteiger partial charge in [0.15, 0.2) is 0 Å². The van der Waals surface area contributed by atoms with E-state index in [2.05, 4.69) is 19.2 Å². The maximum absolute atomic E-state index is 12.6. The van der Waals surface area contributed by atoms with E-state index in [0.717, 1.165) is 0 Å². The van der Waals surface area contributed by atoms with Gasteiger partial charge in [-0.2, -0.15) is 0 Å². The van der Waals surface area contributed by atoms with Crippen LogP contribution in [0.15, 0.2) is 30.3 Å². The minimum Gasteiger partial charge on any atom is -0.312 e. The van der Waals surface area contributed by atoms with Gasteiger partial charge in [0.2, 0.25) is 11.8 Å². The normalized spacial score (nSPS) is 30.3. The van der Waals surface area contributed by atoms with Crippen LogP contribution in [-0.2, 0) is 9.59 Å². The standard InChI is InChI=1S/C15H18N2O2/c1-9(2)13-12-11(8-16-13)14(18)17(15(12)19)10-6-4-3-5-7-10/h3-7,9,11-13,16H,8H2,1-2H3/t11-,12-,13-/m1/s1. The summed E-state index contributed by atoms with van der Waals surface area (Å²) < 4.78 is 0. The van der Waals surface area contributed by atoms with Gasteiger partial charge >= 0.3 is 0 Å². The summed E-state index contributed by atoms with van der Waals surface area (Å²) in [7, 11) is 0. The first-order valence-corrected chi connectivity index (χ1v) is 6.77. The fourth-order valence-corrected chi connectivity index (χ4v) is 3.24. The Morgan fingerprint density at radius 2 is 1.84 bits per heavy atom. The van der Waals surface area contributed by atoms with Crippen LogP contribution in [0.1, 0.15) is 13.8 Å². The summed E-state index contributed by atoms with van der Waals surface area (Å²) >= 11 is 0. The lowest BCUT2D eigenvalue weighted by Gasteiger charge is -2.22. The number of nitrogens with zero attached hydrogens (tertiary/aromatic N) is 1. The molecular weight excluding hydrogens is 240 g/mol. The average Bonchev–Trinajstić information content (AvgIpc) is 2.93. The van der Waals surface area contributed by atoms with Crippen molar-refractivity contribution in [2.45, 2.75) is 19.9 Å². The van der Waals surface area contributed by atoms with Crippen molar-refractivity contribution in [3.8, 4) is 0 Å². The Kier molecular flexibility index (Phi) is 2.90. The molecule has 4 heteroatoms. The zero-order valence-corrected chi connectivity index (χ0v) is 11.2. The Bertz CT molecular complexity index is 512. The summed E-state index contributed by atoms with van der Waals surface area (Å²) in [5, 5.41) is 3.32. The Balaban J connectivity index is 1.95. The molecule has 3 rings (SSSR count). The molecule has 1 aromatic carbocycles. The third-order valence-electron chi connectivity index (χ3n) is 4.17. The van der Waals surface area contributed by atoms with Crippen molar-refractivity contribution < 1.29 is 9.59 Å². The number of benzene rings is 1. The number of hydrogen-bond acceptors (Lipinski definition) is 3. The van der Waals surface area contributed by atoms with Crippen molar-refractivity contribution in [2.75, 3.05) is 11.4 Å². The van der Waals surface area contributed by atoms with Gasteiger partial charge in [0.25, 0.3) is 0 Å². The van der Waals surface area contributed by atoms with Crippen LogP contribution in [-0.4, -0.2) is 24.4 Å². The Morgan fingerprint density at radius 1 is 1.16 bits per heavy atom. The molecular formula is C15H18N2O2. The number of amides is 2. The largest absolute Gasteiger partial charge is 0.312 e. The van der Waals surface area contributed by atoms with Gasteiger partial charge in [-0.3, -0.25) is 9.59 Å². The van der Waals surface area contributed by atoms with Gasteiger partial charge in [-0.05, 0) is 18.1 Å². The van der Waals surface area contributed by atoms with Crippen molar-refractivity contribution >= 4 is 17.5 Å².